The molecule has 0 fully saturated rings. The van der Waals surface area contributed by atoms with Gasteiger partial charge >= 0.3 is 0 Å². The topological polar surface area (TPSA) is 55.8 Å². The van der Waals surface area contributed by atoms with Gasteiger partial charge in [0, 0.05) is 14.2 Å². The van der Waals surface area contributed by atoms with Gasteiger partial charge in [-0.25, -0.2) is 12.7 Å². The molecule has 0 radical (unpaired) electrons. The summed E-state index contributed by atoms with van der Waals surface area (Å²) in [6.45, 7) is 3.94. The van der Waals surface area contributed by atoms with Crippen molar-refractivity contribution >= 4 is 10.0 Å². The van der Waals surface area contributed by atoms with Gasteiger partial charge in [-0.1, -0.05) is 0 Å². The molecule has 0 spiro atoms. The largest absolute Gasteiger partial charge is 0.354 e. The highest BCUT2D eigenvalue weighted by Crippen LogP contribution is 2.03. The van der Waals surface area contributed by atoms with Crippen LogP contribution in [-0.4, -0.2) is 52.1 Å². The molecule has 0 bridgehead atoms. The van der Waals surface area contributed by atoms with E-state index in [2.05, 4.69) is 0 Å². The van der Waals surface area contributed by atoms with Crippen LogP contribution in [0, 0.1) is 0 Å². The van der Waals surface area contributed by atoms with Crippen LogP contribution in [0.2, 0.25) is 0 Å². The van der Waals surface area contributed by atoms with Crippen molar-refractivity contribution in [2.75, 3.05) is 27.0 Å². The molecule has 0 aliphatic carbocycles. The molecule has 86 valence electrons. The average molecular weight is 225 g/mol. The number of methoxy groups -OCH3 is 1. The highest BCUT2D eigenvalue weighted by atomic mass is 32.2. The fraction of sp³-hybridized carbons (Fsp3) is 1.00. The van der Waals surface area contributed by atoms with Crippen LogP contribution in [0.15, 0.2) is 0 Å². The molecule has 0 aromatic carbocycles. The minimum absolute atomic E-state index is 0.00732. The first-order chi connectivity index (χ1) is 6.27. The van der Waals surface area contributed by atoms with E-state index in [0.717, 1.165) is 6.26 Å². The van der Waals surface area contributed by atoms with Crippen LogP contribution < -0.4 is 0 Å². The molecule has 0 unspecified atom stereocenters. The summed E-state index contributed by atoms with van der Waals surface area (Å²) < 4.78 is 33.7. The highest BCUT2D eigenvalue weighted by Gasteiger charge is 2.18. The summed E-state index contributed by atoms with van der Waals surface area (Å²) in [5.41, 5.74) is 0. The summed E-state index contributed by atoms with van der Waals surface area (Å²) in [6, 6.07) is 0. The summed E-state index contributed by atoms with van der Waals surface area (Å²) in [5, 5.41) is 0. The minimum atomic E-state index is -3.17. The van der Waals surface area contributed by atoms with Crippen molar-refractivity contribution in [2.45, 2.75) is 26.2 Å². The lowest BCUT2D eigenvalue weighted by atomic mass is 10.5. The van der Waals surface area contributed by atoms with Crippen molar-refractivity contribution in [3.05, 3.63) is 0 Å². The van der Waals surface area contributed by atoms with Gasteiger partial charge in [0.15, 0.2) is 6.29 Å². The molecule has 0 amide bonds. The predicted molar refractivity (Wildman–Crippen MR) is 54.5 cm³/mol. The van der Waals surface area contributed by atoms with E-state index in [9.17, 15) is 8.42 Å². The molecule has 0 rings (SSSR count). The highest BCUT2D eigenvalue weighted by molar-refractivity contribution is 7.88. The molecule has 5 nitrogen and oxygen atoms in total. The van der Waals surface area contributed by atoms with Gasteiger partial charge in [-0.2, -0.15) is 0 Å². The van der Waals surface area contributed by atoms with Crippen molar-refractivity contribution in [2.24, 2.45) is 0 Å². The Morgan fingerprint density at radius 1 is 1.36 bits per heavy atom. The zero-order valence-corrected chi connectivity index (χ0v) is 10.2. The monoisotopic (exact) mass is 225 g/mol. The second kappa shape index (κ2) is 5.65. The molecule has 14 heavy (non-hydrogen) atoms. The smallest absolute Gasteiger partial charge is 0.211 e. The Kier molecular flexibility index (Phi) is 5.58. The first-order valence-electron chi connectivity index (χ1n) is 4.37. The van der Waals surface area contributed by atoms with E-state index < -0.39 is 16.3 Å². The summed E-state index contributed by atoms with van der Waals surface area (Å²) in [4.78, 5) is 0. The third kappa shape index (κ3) is 5.54. The first kappa shape index (κ1) is 13.8. The number of hydrogen-bond acceptors (Lipinski definition) is 4. The lowest BCUT2D eigenvalue weighted by Crippen LogP contribution is -2.37. The number of hydrogen-bond donors (Lipinski definition) is 0. The van der Waals surface area contributed by atoms with Crippen LogP contribution in [0.25, 0.3) is 0 Å². The van der Waals surface area contributed by atoms with Crippen molar-refractivity contribution in [1.82, 2.24) is 4.31 Å². The van der Waals surface area contributed by atoms with E-state index in [0.29, 0.717) is 0 Å². The number of sulfonamides is 1. The molecule has 1 atom stereocenters. The molecule has 0 saturated carbocycles. The van der Waals surface area contributed by atoms with Gasteiger partial charge in [0.25, 0.3) is 0 Å². The van der Waals surface area contributed by atoms with Gasteiger partial charge in [0.2, 0.25) is 10.0 Å². The van der Waals surface area contributed by atoms with Crippen molar-refractivity contribution in [3.8, 4) is 0 Å². The fourth-order valence-corrected chi connectivity index (χ4v) is 1.21. The molecule has 0 N–H and O–H groups in total. The summed E-state index contributed by atoms with van der Waals surface area (Å²) in [7, 11) is -0.190. The Labute approximate surface area is 86.0 Å². The van der Waals surface area contributed by atoms with Gasteiger partial charge in [-0.15, -0.1) is 0 Å². The maximum absolute atomic E-state index is 11.1. The Morgan fingerprint density at radius 2 is 1.86 bits per heavy atom. The van der Waals surface area contributed by atoms with Gasteiger partial charge in [0.1, 0.15) is 0 Å². The van der Waals surface area contributed by atoms with Crippen LogP contribution >= 0.6 is 0 Å². The first-order valence-corrected chi connectivity index (χ1v) is 6.21. The third-order valence-electron chi connectivity index (χ3n) is 1.66. The number of rotatable bonds is 6. The molecule has 0 heterocycles. The average Bonchev–Trinajstić information content (AvgIpc) is 2.00. The lowest BCUT2D eigenvalue weighted by molar-refractivity contribution is -0.149. The lowest BCUT2D eigenvalue weighted by Gasteiger charge is -2.23. The van der Waals surface area contributed by atoms with E-state index in [1.54, 1.807) is 0 Å². The van der Waals surface area contributed by atoms with Crippen LogP contribution in [0.5, 0.6) is 0 Å². The SMILES string of the molecule is CO[C@@H](CN(C)S(C)(=O)=O)OC(C)C. The van der Waals surface area contributed by atoms with E-state index in [4.69, 9.17) is 9.47 Å². The second-order valence-corrected chi connectivity index (χ2v) is 5.48. The molecule has 0 aromatic heterocycles. The molecule has 0 aliphatic heterocycles. The van der Waals surface area contributed by atoms with E-state index in [1.807, 2.05) is 13.8 Å². The zero-order chi connectivity index (χ0) is 11.4. The Hall–Kier alpha value is -0.170. The molecule has 0 aliphatic rings. The van der Waals surface area contributed by atoms with Gasteiger partial charge in [0.05, 0.1) is 18.9 Å². The maximum Gasteiger partial charge on any atom is 0.211 e. The number of likely N-dealkylation sites (N-methyl/N-ethyl adjacent to an activating group) is 1. The molecular formula is C8H19NO4S. The molecular weight excluding hydrogens is 206 g/mol. The zero-order valence-electron chi connectivity index (χ0n) is 9.35. The minimum Gasteiger partial charge on any atom is -0.354 e. The normalized spacial score (nSPS) is 15.1. The standard InChI is InChI=1S/C8H19NO4S/c1-7(2)13-8(12-4)6-9(3)14(5,10)11/h7-8H,6H2,1-5H3/t8-/m1/s1. The van der Waals surface area contributed by atoms with Crippen LogP contribution in [-0.2, 0) is 19.5 Å². The van der Waals surface area contributed by atoms with Crippen molar-refractivity contribution in [1.29, 1.82) is 0 Å². The summed E-state index contributed by atoms with van der Waals surface area (Å²) in [6.07, 6.45) is 0.636. The second-order valence-electron chi connectivity index (χ2n) is 3.39. The van der Waals surface area contributed by atoms with Gasteiger partial charge < -0.3 is 9.47 Å². The maximum atomic E-state index is 11.1. The quantitative estimate of drug-likeness (QED) is 0.609. The Bertz CT molecular complexity index is 250. The Morgan fingerprint density at radius 3 is 2.14 bits per heavy atom. The van der Waals surface area contributed by atoms with E-state index >= 15 is 0 Å². The van der Waals surface area contributed by atoms with Gasteiger partial charge in [-0.3, -0.25) is 0 Å². The predicted octanol–water partition coefficient (Wildman–Crippen LogP) is 0.275. The Balaban J connectivity index is 4.19. The fourth-order valence-electron chi connectivity index (χ4n) is 0.822. The van der Waals surface area contributed by atoms with E-state index in [-0.39, 0.29) is 12.6 Å². The number of nitrogens with zero attached hydrogens (tertiary/aromatic N) is 1. The van der Waals surface area contributed by atoms with Crippen LogP contribution in [0.3, 0.4) is 0 Å². The van der Waals surface area contributed by atoms with E-state index in [1.165, 1.54) is 18.5 Å². The van der Waals surface area contributed by atoms with Crippen LogP contribution in [0.1, 0.15) is 13.8 Å². The van der Waals surface area contributed by atoms with Gasteiger partial charge in [-0.05, 0) is 13.8 Å². The molecule has 0 aromatic rings. The molecule has 6 heteroatoms. The third-order valence-corrected chi connectivity index (χ3v) is 2.94. The van der Waals surface area contributed by atoms with Crippen molar-refractivity contribution in [3.63, 3.8) is 0 Å². The molecule has 0 saturated heterocycles. The van der Waals surface area contributed by atoms with Crippen LogP contribution in [0.4, 0.5) is 0 Å². The summed E-state index contributed by atoms with van der Waals surface area (Å²) in [5.74, 6) is 0. The number of ether oxygens (including phenoxy) is 2. The van der Waals surface area contributed by atoms with Crippen molar-refractivity contribution < 1.29 is 17.9 Å². The summed E-state index contributed by atoms with van der Waals surface area (Å²) >= 11 is 0.